The quantitative estimate of drug-likeness (QED) is 0.820. The second-order valence-corrected chi connectivity index (χ2v) is 8.73. The molecule has 0 saturated heterocycles. The maximum atomic E-state index is 12.8. The number of nitrogens with two attached hydrogens (primary N) is 1. The van der Waals surface area contributed by atoms with Crippen LogP contribution in [0.2, 0.25) is 0 Å². The summed E-state index contributed by atoms with van der Waals surface area (Å²) < 4.78 is 0. The first-order valence-corrected chi connectivity index (χ1v) is 9.28. The predicted molar refractivity (Wildman–Crippen MR) is 88.5 cm³/mol. The van der Waals surface area contributed by atoms with Gasteiger partial charge >= 0.3 is 0 Å². The van der Waals surface area contributed by atoms with Gasteiger partial charge in [-0.25, -0.2) is 0 Å². The Kier molecular flexibility index (Phi) is 3.73. The van der Waals surface area contributed by atoms with Crippen LogP contribution in [0.3, 0.4) is 0 Å². The van der Waals surface area contributed by atoms with Crippen molar-refractivity contribution in [3.8, 4) is 0 Å². The molecule has 0 spiro atoms. The first-order chi connectivity index (χ1) is 10.2. The lowest BCUT2D eigenvalue weighted by Gasteiger charge is -2.45. The Labute approximate surface area is 139 Å². The van der Waals surface area contributed by atoms with Crippen LogP contribution in [0.4, 0.5) is 0 Å². The Morgan fingerprint density at radius 1 is 0.864 bits per heavy atom. The molecule has 5 saturated carbocycles. The maximum absolute atomic E-state index is 12.8. The van der Waals surface area contributed by atoms with Gasteiger partial charge in [0.05, 0.1) is 0 Å². The van der Waals surface area contributed by atoms with Gasteiger partial charge in [-0.3, -0.25) is 4.79 Å². The van der Waals surface area contributed by atoms with Crippen molar-refractivity contribution in [3.63, 3.8) is 0 Å². The third-order valence-corrected chi connectivity index (χ3v) is 7.72. The molecule has 5 aliphatic carbocycles. The van der Waals surface area contributed by atoms with Crippen molar-refractivity contribution in [2.24, 2.45) is 47.2 Å². The number of halogens is 1. The van der Waals surface area contributed by atoms with Crippen molar-refractivity contribution in [2.75, 3.05) is 0 Å². The molecule has 124 valence electrons. The van der Waals surface area contributed by atoms with E-state index in [1.165, 1.54) is 38.5 Å². The highest BCUT2D eigenvalue weighted by molar-refractivity contribution is 5.85. The van der Waals surface area contributed by atoms with Crippen LogP contribution in [0.25, 0.3) is 0 Å². The number of hydrogen-bond donors (Lipinski definition) is 2. The molecule has 6 atom stereocenters. The molecule has 22 heavy (non-hydrogen) atoms. The fourth-order valence-electron chi connectivity index (χ4n) is 6.96. The molecule has 5 rings (SSSR count). The van der Waals surface area contributed by atoms with Gasteiger partial charge in [-0.05, 0) is 80.5 Å². The summed E-state index contributed by atoms with van der Waals surface area (Å²) in [5.41, 5.74) is 6.20. The monoisotopic (exact) mass is 324 g/mol. The van der Waals surface area contributed by atoms with E-state index in [9.17, 15) is 4.79 Å². The zero-order chi connectivity index (χ0) is 14.1. The van der Waals surface area contributed by atoms with E-state index in [0.717, 1.165) is 36.5 Å². The van der Waals surface area contributed by atoms with Gasteiger partial charge in [0.1, 0.15) is 0 Å². The van der Waals surface area contributed by atoms with Gasteiger partial charge in [0.15, 0.2) is 0 Å². The highest BCUT2D eigenvalue weighted by Crippen LogP contribution is 2.69. The fourth-order valence-corrected chi connectivity index (χ4v) is 6.96. The standard InChI is InChI=1S/C18H28N2O.ClH/c19-13-7-11-2-1-3-12(8-13)17(11)20-18(21)16-14-9-4-5-10(6-9)15(14)16;/h9-17H,1-8,19H2,(H,20,21);1H. The van der Waals surface area contributed by atoms with Crippen molar-refractivity contribution in [2.45, 2.75) is 63.5 Å². The molecule has 0 heterocycles. The smallest absolute Gasteiger partial charge is 0.223 e. The molecule has 4 heteroatoms. The first-order valence-electron chi connectivity index (χ1n) is 9.28. The zero-order valence-corrected chi connectivity index (χ0v) is 14.1. The van der Waals surface area contributed by atoms with Gasteiger partial charge in [0.25, 0.3) is 0 Å². The molecule has 5 aliphatic rings. The summed E-state index contributed by atoms with van der Waals surface area (Å²) in [4.78, 5) is 12.8. The van der Waals surface area contributed by atoms with Crippen LogP contribution in [0.5, 0.6) is 0 Å². The minimum Gasteiger partial charge on any atom is -0.353 e. The van der Waals surface area contributed by atoms with Gasteiger partial charge < -0.3 is 11.1 Å². The van der Waals surface area contributed by atoms with Crippen molar-refractivity contribution >= 4 is 18.3 Å². The Hall–Kier alpha value is -0.280. The summed E-state index contributed by atoms with van der Waals surface area (Å²) in [6.45, 7) is 0. The molecule has 5 fully saturated rings. The van der Waals surface area contributed by atoms with E-state index in [1.54, 1.807) is 0 Å². The summed E-state index contributed by atoms with van der Waals surface area (Å²) in [5, 5.41) is 3.51. The lowest BCUT2D eigenvalue weighted by atomic mass is 9.67. The Bertz CT molecular complexity index is 440. The number of rotatable bonds is 2. The molecule has 0 aliphatic heterocycles. The maximum Gasteiger partial charge on any atom is 0.223 e. The predicted octanol–water partition coefficient (Wildman–Crippen LogP) is 2.72. The number of carbonyl (C=O) groups is 1. The molecule has 3 N–H and O–H groups in total. The van der Waals surface area contributed by atoms with E-state index < -0.39 is 0 Å². The number of hydrogen-bond acceptors (Lipinski definition) is 2. The van der Waals surface area contributed by atoms with Gasteiger partial charge in [-0.1, -0.05) is 6.42 Å². The van der Waals surface area contributed by atoms with E-state index in [2.05, 4.69) is 5.32 Å². The molecule has 3 nitrogen and oxygen atoms in total. The molecule has 0 aromatic rings. The highest BCUT2D eigenvalue weighted by atomic mass is 35.5. The normalized spacial score (nSPS) is 54.3. The Balaban J connectivity index is 0.00000125. The van der Waals surface area contributed by atoms with Crippen molar-refractivity contribution in [1.29, 1.82) is 0 Å². The average Bonchev–Trinajstić information content (AvgIpc) is 2.89. The van der Waals surface area contributed by atoms with Crippen LogP contribution < -0.4 is 11.1 Å². The number of nitrogens with one attached hydrogen (secondary N) is 1. The van der Waals surface area contributed by atoms with E-state index in [1.807, 2.05) is 0 Å². The van der Waals surface area contributed by atoms with Crippen molar-refractivity contribution in [1.82, 2.24) is 5.32 Å². The summed E-state index contributed by atoms with van der Waals surface area (Å²) in [5.74, 6) is 5.47. The number of carbonyl (C=O) groups excluding carboxylic acids is 1. The minimum atomic E-state index is 0. The molecule has 0 radical (unpaired) electrons. The highest BCUT2D eigenvalue weighted by Gasteiger charge is 2.67. The molecular formula is C18H29ClN2O. The number of amides is 1. The summed E-state index contributed by atoms with van der Waals surface area (Å²) in [7, 11) is 0. The van der Waals surface area contributed by atoms with Crippen LogP contribution in [-0.2, 0) is 4.79 Å². The molecule has 4 bridgehead atoms. The third kappa shape index (κ3) is 2.15. The van der Waals surface area contributed by atoms with Gasteiger partial charge in [-0.15, -0.1) is 12.4 Å². The van der Waals surface area contributed by atoms with Gasteiger partial charge in [0.2, 0.25) is 5.91 Å². The van der Waals surface area contributed by atoms with E-state index in [4.69, 9.17) is 5.73 Å². The topological polar surface area (TPSA) is 55.1 Å². The van der Waals surface area contributed by atoms with Crippen LogP contribution in [0, 0.1) is 41.4 Å². The van der Waals surface area contributed by atoms with E-state index in [-0.39, 0.29) is 12.4 Å². The lowest BCUT2D eigenvalue weighted by molar-refractivity contribution is -0.125. The third-order valence-electron chi connectivity index (χ3n) is 7.72. The van der Waals surface area contributed by atoms with Crippen molar-refractivity contribution < 1.29 is 4.79 Å². The second-order valence-electron chi connectivity index (χ2n) is 8.73. The largest absolute Gasteiger partial charge is 0.353 e. The summed E-state index contributed by atoms with van der Waals surface area (Å²) in [6.07, 6.45) is 10.4. The van der Waals surface area contributed by atoms with Crippen molar-refractivity contribution in [3.05, 3.63) is 0 Å². The van der Waals surface area contributed by atoms with Crippen LogP contribution in [0.15, 0.2) is 0 Å². The molecular weight excluding hydrogens is 296 g/mol. The summed E-state index contributed by atoms with van der Waals surface area (Å²) in [6, 6.07) is 0.828. The van der Waals surface area contributed by atoms with E-state index >= 15 is 0 Å². The summed E-state index contributed by atoms with van der Waals surface area (Å²) >= 11 is 0. The fraction of sp³-hybridized carbons (Fsp3) is 0.944. The first kappa shape index (κ1) is 15.3. The van der Waals surface area contributed by atoms with Crippen LogP contribution >= 0.6 is 12.4 Å². The van der Waals surface area contributed by atoms with Gasteiger partial charge in [0, 0.05) is 18.0 Å². The SMILES string of the molecule is Cl.NC1CC2CCCC(C1)C2NC(=O)C1C2C3CCC(C3)C12. The lowest BCUT2D eigenvalue weighted by Crippen LogP contribution is -2.54. The van der Waals surface area contributed by atoms with Crippen LogP contribution in [0.1, 0.15) is 51.4 Å². The average molecular weight is 325 g/mol. The minimum absolute atomic E-state index is 0. The van der Waals surface area contributed by atoms with Crippen LogP contribution in [-0.4, -0.2) is 18.0 Å². The zero-order valence-electron chi connectivity index (χ0n) is 13.2. The molecule has 1 amide bonds. The number of fused-ring (bicyclic) bond motifs is 7. The molecule has 6 unspecified atom stereocenters. The molecule has 0 aromatic heterocycles. The second kappa shape index (κ2) is 5.37. The van der Waals surface area contributed by atoms with Gasteiger partial charge in [-0.2, -0.15) is 0 Å². The Morgan fingerprint density at radius 2 is 1.45 bits per heavy atom. The Morgan fingerprint density at radius 3 is 2.05 bits per heavy atom. The van der Waals surface area contributed by atoms with E-state index in [0.29, 0.717) is 35.7 Å². The molecule has 0 aromatic carbocycles.